The molecule has 128 valence electrons. The molecule has 0 aliphatic rings. The fraction of sp³-hybridized carbons (Fsp3) is 0.200. The molecule has 0 saturated heterocycles. The second-order valence-corrected chi connectivity index (χ2v) is 5.76. The van der Waals surface area contributed by atoms with E-state index < -0.39 is 11.7 Å². The molecular formula is C20H18O5. The van der Waals surface area contributed by atoms with Crippen LogP contribution in [0.3, 0.4) is 0 Å². The third-order valence-electron chi connectivity index (χ3n) is 3.98. The third-order valence-corrected chi connectivity index (χ3v) is 3.98. The lowest BCUT2D eigenvalue weighted by atomic mass is 10.1. The normalized spacial score (nSPS) is 12.0. The number of carbonyl (C=O) groups is 1. The van der Waals surface area contributed by atoms with Crippen LogP contribution in [0, 0.1) is 6.92 Å². The first-order valence-corrected chi connectivity index (χ1v) is 7.87. The van der Waals surface area contributed by atoms with Crippen molar-refractivity contribution in [3.05, 3.63) is 70.1 Å². The molecule has 0 bridgehead atoms. The smallest absolute Gasteiger partial charge is 0.336 e. The number of hydrogen-bond donors (Lipinski definition) is 0. The van der Waals surface area contributed by atoms with E-state index in [0.29, 0.717) is 22.6 Å². The summed E-state index contributed by atoms with van der Waals surface area (Å²) in [4.78, 5) is 24.0. The van der Waals surface area contributed by atoms with Gasteiger partial charge in [-0.2, -0.15) is 0 Å². The van der Waals surface area contributed by atoms with Crippen LogP contribution in [0.15, 0.2) is 57.7 Å². The summed E-state index contributed by atoms with van der Waals surface area (Å²) in [6, 6.07) is 13.5. The lowest BCUT2D eigenvalue weighted by Gasteiger charge is -2.14. The SMILES string of the molecule is COc1ccc(C(=O)[C@@H](C)Oc2ccc3c(C)cc(=O)oc3c2)cc1. The van der Waals surface area contributed by atoms with E-state index in [1.165, 1.54) is 6.07 Å². The van der Waals surface area contributed by atoms with E-state index in [4.69, 9.17) is 13.9 Å². The van der Waals surface area contributed by atoms with Gasteiger partial charge in [0.25, 0.3) is 0 Å². The Balaban J connectivity index is 1.82. The summed E-state index contributed by atoms with van der Waals surface area (Å²) in [7, 11) is 1.57. The van der Waals surface area contributed by atoms with Crippen molar-refractivity contribution >= 4 is 16.8 Å². The minimum atomic E-state index is -0.678. The van der Waals surface area contributed by atoms with E-state index in [-0.39, 0.29) is 5.78 Å². The van der Waals surface area contributed by atoms with E-state index >= 15 is 0 Å². The molecule has 5 heteroatoms. The molecule has 0 spiro atoms. The second-order valence-electron chi connectivity index (χ2n) is 5.76. The summed E-state index contributed by atoms with van der Waals surface area (Å²) in [6.45, 7) is 3.53. The van der Waals surface area contributed by atoms with E-state index in [0.717, 1.165) is 10.9 Å². The van der Waals surface area contributed by atoms with Crippen molar-refractivity contribution in [2.45, 2.75) is 20.0 Å². The minimum Gasteiger partial charge on any atom is -0.497 e. The number of rotatable bonds is 5. The topological polar surface area (TPSA) is 65.7 Å². The highest BCUT2D eigenvalue weighted by Gasteiger charge is 2.17. The Morgan fingerprint density at radius 3 is 2.40 bits per heavy atom. The summed E-state index contributed by atoms with van der Waals surface area (Å²) in [5, 5.41) is 0.834. The fourth-order valence-electron chi connectivity index (χ4n) is 2.63. The Hall–Kier alpha value is -3.08. The van der Waals surface area contributed by atoms with Crippen LogP contribution < -0.4 is 15.1 Å². The van der Waals surface area contributed by atoms with Crippen LogP contribution in [0.25, 0.3) is 11.0 Å². The first-order valence-electron chi connectivity index (χ1n) is 7.87. The molecule has 0 aliphatic heterocycles. The van der Waals surface area contributed by atoms with Gasteiger partial charge >= 0.3 is 5.63 Å². The lowest BCUT2D eigenvalue weighted by molar-refractivity contribution is 0.0818. The van der Waals surface area contributed by atoms with Gasteiger partial charge in [-0.15, -0.1) is 0 Å². The molecule has 1 aromatic heterocycles. The number of fused-ring (bicyclic) bond motifs is 1. The zero-order chi connectivity index (χ0) is 18.0. The molecule has 0 unspecified atom stereocenters. The third kappa shape index (κ3) is 3.55. The van der Waals surface area contributed by atoms with Crippen LogP contribution in [-0.2, 0) is 0 Å². The molecule has 0 amide bonds. The molecule has 3 rings (SSSR count). The summed E-state index contributed by atoms with van der Waals surface area (Å²) >= 11 is 0. The first kappa shape index (κ1) is 16.8. The Kier molecular flexibility index (Phi) is 4.57. The first-order chi connectivity index (χ1) is 12.0. The second kappa shape index (κ2) is 6.81. The minimum absolute atomic E-state index is 0.145. The summed E-state index contributed by atoms with van der Waals surface area (Å²) in [6.07, 6.45) is -0.678. The van der Waals surface area contributed by atoms with Crippen LogP contribution >= 0.6 is 0 Å². The van der Waals surface area contributed by atoms with Gasteiger partial charge in [0.1, 0.15) is 17.1 Å². The van der Waals surface area contributed by atoms with Gasteiger partial charge in [0.2, 0.25) is 5.78 Å². The highest BCUT2D eigenvalue weighted by Crippen LogP contribution is 2.23. The molecule has 0 N–H and O–H groups in total. The van der Waals surface area contributed by atoms with Crippen LogP contribution in [0.1, 0.15) is 22.8 Å². The van der Waals surface area contributed by atoms with Gasteiger partial charge in [0, 0.05) is 23.1 Å². The van der Waals surface area contributed by atoms with Crippen LogP contribution in [-0.4, -0.2) is 19.0 Å². The van der Waals surface area contributed by atoms with Crippen molar-refractivity contribution in [3.63, 3.8) is 0 Å². The number of hydrogen-bond acceptors (Lipinski definition) is 5. The number of carbonyl (C=O) groups excluding carboxylic acids is 1. The molecule has 3 aromatic rings. The Morgan fingerprint density at radius 2 is 1.72 bits per heavy atom. The van der Waals surface area contributed by atoms with Crippen LogP contribution in [0.2, 0.25) is 0 Å². The zero-order valence-electron chi connectivity index (χ0n) is 14.2. The highest BCUT2D eigenvalue weighted by atomic mass is 16.5. The fourth-order valence-corrected chi connectivity index (χ4v) is 2.63. The van der Waals surface area contributed by atoms with E-state index in [1.54, 1.807) is 50.4 Å². The van der Waals surface area contributed by atoms with Gasteiger partial charge in [-0.25, -0.2) is 4.79 Å². The molecule has 0 saturated carbocycles. The number of ether oxygens (including phenoxy) is 2. The number of methoxy groups -OCH3 is 1. The molecular weight excluding hydrogens is 320 g/mol. The maximum Gasteiger partial charge on any atom is 0.336 e. The predicted molar refractivity (Wildman–Crippen MR) is 94.6 cm³/mol. The Bertz CT molecular complexity index is 970. The average Bonchev–Trinajstić information content (AvgIpc) is 2.60. The number of Topliss-reactive ketones (excluding diaryl/α,β-unsaturated/α-hetero) is 1. The highest BCUT2D eigenvalue weighted by molar-refractivity contribution is 5.99. The monoisotopic (exact) mass is 338 g/mol. The molecule has 1 atom stereocenters. The Labute approximate surface area is 144 Å². The number of benzene rings is 2. The van der Waals surface area contributed by atoms with Gasteiger partial charge < -0.3 is 13.9 Å². The quantitative estimate of drug-likeness (QED) is 0.523. The van der Waals surface area contributed by atoms with Crippen molar-refractivity contribution in [1.82, 2.24) is 0 Å². The molecule has 5 nitrogen and oxygen atoms in total. The maximum atomic E-state index is 12.5. The summed E-state index contributed by atoms with van der Waals surface area (Å²) in [5.41, 5.74) is 1.40. The van der Waals surface area contributed by atoms with E-state index in [9.17, 15) is 9.59 Å². The Morgan fingerprint density at radius 1 is 1.04 bits per heavy atom. The maximum absolute atomic E-state index is 12.5. The van der Waals surface area contributed by atoms with Crippen molar-refractivity contribution < 1.29 is 18.7 Å². The largest absolute Gasteiger partial charge is 0.497 e. The molecule has 1 heterocycles. The summed E-state index contributed by atoms with van der Waals surface area (Å²) < 4.78 is 16.0. The van der Waals surface area contributed by atoms with Crippen LogP contribution in [0.5, 0.6) is 11.5 Å². The van der Waals surface area contributed by atoms with Gasteiger partial charge in [-0.05, 0) is 55.8 Å². The molecule has 25 heavy (non-hydrogen) atoms. The molecule has 2 aromatic carbocycles. The summed E-state index contributed by atoms with van der Waals surface area (Å²) in [5.74, 6) is 1.01. The van der Waals surface area contributed by atoms with Gasteiger partial charge in [0.05, 0.1) is 7.11 Å². The van der Waals surface area contributed by atoms with Gasteiger partial charge in [0.15, 0.2) is 6.10 Å². The molecule has 0 aliphatic carbocycles. The predicted octanol–water partition coefficient (Wildman–Crippen LogP) is 3.76. The van der Waals surface area contributed by atoms with Gasteiger partial charge in [-0.3, -0.25) is 4.79 Å². The number of aryl methyl sites for hydroxylation is 1. The van der Waals surface area contributed by atoms with Crippen molar-refractivity contribution in [3.8, 4) is 11.5 Å². The van der Waals surface area contributed by atoms with Crippen molar-refractivity contribution in [2.75, 3.05) is 7.11 Å². The standard InChI is InChI=1S/C20H18O5/c1-12-10-19(21)25-18-11-16(8-9-17(12)18)24-13(2)20(22)14-4-6-15(23-3)7-5-14/h4-11,13H,1-3H3/t13-/m1/s1. The average molecular weight is 338 g/mol. The van der Waals surface area contributed by atoms with Crippen molar-refractivity contribution in [1.29, 1.82) is 0 Å². The number of ketones is 1. The van der Waals surface area contributed by atoms with Crippen LogP contribution in [0.4, 0.5) is 0 Å². The molecule has 0 fully saturated rings. The zero-order valence-corrected chi connectivity index (χ0v) is 14.2. The van der Waals surface area contributed by atoms with E-state index in [1.807, 2.05) is 13.0 Å². The van der Waals surface area contributed by atoms with Crippen molar-refractivity contribution in [2.24, 2.45) is 0 Å². The lowest BCUT2D eigenvalue weighted by Crippen LogP contribution is -2.23. The van der Waals surface area contributed by atoms with E-state index in [2.05, 4.69) is 0 Å². The van der Waals surface area contributed by atoms with Gasteiger partial charge in [-0.1, -0.05) is 0 Å². The molecule has 0 radical (unpaired) electrons.